The van der Waals surface area contributed by atoms with E-state index in [4.69, 9.17) is 5.11 Å². The van der Waals surface area contributed by atoms with Gasteiger partial charge in [0, 0.05) is 31.0 Å². The molecule has 1 unspecified atom stereocenters. The highest BCUT2D eigenvalue weighted by Crippen LogP contribution is 2.26. The van der Waals surface area contributed by atoms with Gasteiger partial charge in [-0.3, -0.25) is 0 Å². The number of aromatic nitrogens is 2. The highest BCUT2D eigenvalue weighted by atomic mass is 16.2. The quantitative estimate of drug-likeness (QED) is 0.845. The van der Waals surface area contributed by atoms with Crippen LogP contribution < -0.4 is 4.90 Å². The Bertz CT molecular complexity index is 356. The number of aliphatic hydroxyl groups is 1. The van der Waals surface area contributed by atoms with Crippen molar-refractivity contribution in [1.82, 2.24) is 9.97 Å². The van der Waals surface area contributed by atoms with Crippen molar-refractivity contribution >= 4 is 5.82 Å². The van der Waals surface area contributed by atoms with E-state index in [0.717, 1.165) is 37.3 Å². The van der Waals surface area contributed by atoms with Crippen LogP contribution in [-0.2, 0) is 6.42 Å². The van der Waals surface area contributed by atoms with Crippen LogP contribution in [0, 0.1) is 0 Å². The summed E-state index contributed by atoms with van der Waals surface area (Å²) in [6.45, 7) is 3.48. The minimum atomic E-state index is 0.286. The second-order valence-corrected chi connectivity index (χ2v) is 4.58. The first-order valence-corrected chi connectivity index (χ1v) is 6.53. The van der Waals surface area contributed by atoms with Crippen LogP contribution in [0.4, 0.5) is 5.82 Å². The molecule has 0 saturated carbocycles. The predicted octanol–water partition coefficient (Wildman–Crippen LogP) is 1.78. The van der Waals surface area contributed by atoms with Gasteiger partial charge in [-0.1, -0.05) is 6.92 Å². The van der Waals surface area contributed by atoms with Gasteiger partial charge in [-0.2, -0.15) is 0 Å². The molecule has 1 atom stereocenters. The van der Waals surface area contributed by atoms with Gasteiger partial charge >= 0.3 is 0 Å². The maximum absolute atomic E-state index is 8.92. The summed E-state index contributed by atoms with van der Waals surface area (Å²) in [7, 11) is 0. The molecule has 1 aliphatic rings. The predicted molar refractivity (Wildman–Crippen MR) is 68.1 cm³/mol. The van der Waals surface area contributed by atoms with Gasteiger partial charge in [0.2, 0.25) is 0 Å². The number of nitrogens with zero attached hydrogens (tertiary/aromatic N) is 3. The fourth-order valence-electron chi connectivity index (χ4n) is 2.50. The van der Waals surface area contributed by atoms with Crippen LogP contribution in [0.5, 0.6) is 0 Å². The van der Waals surface area contributed by atoms with Crippen molar-refractivity contribution in [3.8, 4) is 0 Å². The molecule has 4 heteroatoms. The third-order valence-electron chi connectivity index (χ3n) is 3.44. The summed E-state index contributed by atoms with van der Waals surface area (Å²) in [4.78, 5) is 11.0. The van der Waals surface area contributed by atoms with Gasteiger partial charge in [-0.15, -0.1) is 0 Å². The molecule has 1 N–H and O–H groups in total. The molecule has 2 rings (SSSR count). The van der Waals surface area contributed by atoms with Crippen molar-refractivity contribution in [2.24, 2.45) is 0 Å². The molecule has 1 aromatic heterocycles. The minimum absolute atomic E-state index is 0.286. The van der Waals surface area contributed by atoms with Crippen molar-refractivity contribution in [2.45, 2.75) is 45.1 Å². The summed E-state index contributed by atoms with van der Waals surface area (Å²) in [5.41, 5.74) is 1.10. The zero-order valence-corrected chi connectivity index (χ0v) is 10.5. The average molecular weight is 235 g/mol. The SMILES string of the molecule is CCc1cc(N2CCCC2CCCO)ncn1. The van der Waals surface area contributed by atoms with Crippen LogP contribution in [-0.4, -0.2) is 34.3 Å². The molecular weight excluding hydrogens is 214 g/mol. The summed E-state index contributed by atoms with van der Waals surface area (Å²) in [6.07, 6.45) is 6.99. The number of hydrogen-bond acceptors (Lipinski definition) is 4. The van der Waals surface area contributed by atoms with Crippen LogP contribution in [0.25, 0.3) is 0 Å². The first-order valence-electron chi connectivity index (χ1n) is 6.53. The Hall–Kier alpha value is -1.16. The normalized spacial score (nSPS) is 19.9. The minimum Gasteiger partial charge on any atom is -0.396 e. The van der Waals surface area contributed by atoms with E-state index in [2.05, 4.69) is 27.9 Å². The molecule has 0 bridgehead atoms. The van der Waals surface area contributed by atoms with Crippen molar-refractivity contribution in [2.75, 3.05) is 18.1 Å². The Morgan fingerprint density at radius 1 is 1.47 bits per heavy atom. The van der Waals surface area contributed by atoms with E-state index < -0.39 is 0 Å². The Labute approximate surface area is 103 Å². The summed E-state index contributed by atoms with van der Waals surface area (Å²) in [6, 6.07) is 2.64. The van der Waals surface area contributed by atoms with E-state index in [9.17, 15) is 0 Å². The third kappa shape index (κ3) is 2.94. The fourth-order valence-corrected chi connectivity index (χ4v) is 2.50. The first kappa shape index (κ1) is 12.3. The maximum Gasteiger partial charge on any atom is 0.132 e. The zero-order valence-electron chi connectivity index (χ0n) is 10.5. The standard InChI is InChI=1S/C13H21N3O/c1-2-11-9-13(15-10-14-11)16-7-3-5-12(16)6-4-8-17/h9-10,12,17H,2-8H2,1H3. The molecule has 0 amide bonds. The Morgan fingerprint density at radius 2 is 2.35 bits per heavy atom. The van der Waals surface area contributed by atoms with E-state index in [1.54, 1.807) is 6.33 Å². The van der Waals surface area contributed by atoms with E-state index in [1.165, 1.54) is 12.8 Å². The van der Waals surface area contributed by atoms with Crippen LogP contribution in [0.15, 0.2) is 12.4 Å². The molecule has 0 spiro atoms. The van der Waals surface area contributed by atoms with Gasteiger partial charge in [0.1, 0.15) is 12.1 Å². The number of aliphatic hydroxyl groups excluding tert-OH is 1. The van der Waals surface area contributed by atoms with Gasteiger partial charge in [0.25, 0.3) is 0 Å². The summed E-state index contributed by atoms with van der Waals surface area (Å²) < 4.78 is 0. The number of rotatable bonds is 5. The van der Waals surface area contributed by atoms with E-state index in [-0.39, 0.29) is 6.61 Å². The largest absolute Gasteiger partial charge is 0.396 e. The number of anilines is 1. The smallest absolute Gasteiger partial charge is 0.132 e. The Balaban J connectivity index is 2.08. The van der Waals surface area contributed by atoms with Gasteiger partial charge in [0.05, 0.1) is 0 Å². The second-order valence-electron chi connectivity index (χ2n) is 4.58. The topological polar surface area (TPSA) is 49.2 Å². The monoisotopic (exact) mass is 235 g/mol. The van der Waals surface area contributed by atoms with E-state index >= 15 is 0 Å². The lowest BCUT2D eigenvalue weighted by Crippen LogP contribution is -2.30. The molecule has 1 saturated heterocycles. The maximum atomic E-state index is 8.92. The Kier molecular flexibility index (Phi) is 4.31. The molecule has 2 heterocycles. The van der Waals surface area contributed by atoms with Gasteiger partial charge in [-0.05, 0) is 32.1 Å². The average Bonchev–Trinajstić information content (AvgIpc) is 2.84. The van der Waals surface area contributed by atoms with Gasteiger partial charge < -0.3 is 10.0 Å². The molecule has 0 radical (unpaired) electrons. The van der Waals surface area contributed by atoms with Crippen molar-refractivity contribution < 1.29 is 5.11 Å². The van der Waals surface area contributed by atoms with Crippen molar-refractivity contribution in [3.63, 3.8) is 0 Å². The van der Waals surface area contributed by atoms with Crippen LogP contribution in [0.2, 0.25) is 0 Å². The molecule has 0 aliphatic carbocycles. The third-order valence-corrected chi connectivity index (χ3v) is 3.44. The molecule has 1 aliphatic heterocycles. The molecule has 1 aromatic rings. The lowest BCUT2D eigenvalue weighted by atomic mass is 10.1. The highest BCUT2D eigenvalue weighted by Gasteiger charge is 2.25. The van der Waals surface area contributed by atoms with Gasteiger partial charge in [0.15, 0.2) is 0 Å². The van der Waals surface area contributed by atoms with Gasteiger partial charge in [-0.25, -0.2) is 9.97 Å². The summed E-state index contributed by atoms with van der Waals surface area (Å²) in [5, 5.41) is 8.92. The second kappa shape index (κ2) is 5.96. The molecule has 4 nitrogen and oxygen atoms in total. The first-order chi connectivity index (χ1) is 8.35. The highest BCUT2D eigenvalue weighted by molar-refractivity contribution is 5.41. The summed E-state index contributed by atoms with van der Waals surface area (Å²) in [5.74, 6) is 1.05. The zero-order chi connectivity index (χ0) is 12.1. The lowest BCUT2D eigenvalue weighted by Gasteiger charge is -2.25. The van der Waals surface area contributed by atoms with Crippen LogP contribution >= 0.6 is 0 Å². The Morgan fingerprint density at radius 3 is 3.12 bits per heavy atom. The molecule has 17 heavy (non-hydrogen) atoms. The van der Waals surface area contributed by atoms with Crippen molar-refractivity contribution in [3.05, 3.63) is 18.1 Å². The number of aryl methyl sites for hydroxylation is 1. The lowest BCUT2D eigenvalue weighted by molar-refractivity contribution is 0.279. The van der Waals surface area contributed by atoms with Crippen LogP contribution in [0.3, 0.4) is 0 Å². The van der Waals surface area contributed by atoms with E-state index in [0.29, 0.717) is 6.04 Å². The van der Waals surface area contributed by atoms with E-state index in [1.807, 2.05) is 0 Å². The molecule has 94 valence electrons. The fraction of sp³-hybridized carbons (Fsp3) is 0.692. The molecular formula is C13H21N3O. The molecule has 1 fully saturated rings. The number of hydrogen-bond donors (Lipinski definition) is 1. The summed E-state index contributed by atoms with van der Waals surface area (Å²) >= 11 is 0. The van der Waals surface area contributed by atoms with Crippen molar-refractivity contribution in [1.29, 1.82) is 0 Å². The van der Waals surface area contributed by atoms with Crippen LogP contribution in [0.1, 0.15) is 38.3 Å². The molecule has 0 aromatic carbocycles.